The number of anilines is 2. The van der Waals surface area contributed by atoms with Crippen LogP contribution in [0.3, 0.4) is 0 Å². The number of nitrogens with zero attached hydrogens (tertiary/aromatic N) is 2. The molecule has 1 aliphatic heterocycles. The normalized spacial score (nSPS) is 13.8. The van der Waals surface area contributed by atoms with Gasteiger partial charge in [0.15, 0.2) is 0 Å². The molecular formula is C19H29N5O5. The second-order valence-electron chi connectivity index (χ2n) is 6.66. The number of hydrogen-bond acceptors (Lipinski definition) is 7. The van der Waals surface area contributed by atoms with Crippen LogP contribution in [0.1, 0.15) is 0 Å². The highest BCUT2D eigenvalue weighted by Crippen LogP contribution is 2.18. The van der Waals surface area contributed by atoms with Crippen LogP contribution < -0.4 is 20.9 Å². The van der Waals surface area contributed by atoms with Gasteiger partial charge in [-0.3, -0.25) is 19.8 Å². The molecule has 0 aliphatic carbocycles. The fraction of sp³-hybridized carbons (Fsp3) is 0.526. The van der Waals surface area contributed by atoms with Crippen molar-refractivity contribution < 1.29 is 23.9 Å². The molecule has 1 heterocycles. The number of imide groups is 1. The molecule has 0 atom stereocenters. The van der Waals surface area contributed by atoms with Crippen molar-refractivity contribution in [1.29, 1.82) is 0 Å². The van der Waals surface area contributed by atoms with Gasteiger partial charge in [-0.2, -0.15) is 0 Å². The molecule has 0 saturated carbocycles. The van der Waals surface area contributed by atoms with Gasteiger partial charge in [0.2, 0.25) is 11.8 Å². The van der Waals surface area contributed by atoms with Crippen LogP contribution in [0.25, 0.3) is 0 Å². The van der Waals surface area contributed by atoms with Crippen molar-refractivity contribution in [3.8, 4) is 0 Å². The van der Waals surface area contributed by atoms with Gasteiger partial charge in [-0.1, -0.05) is 0 Å². The molecule has 29 heavy (non-hydrogen) atoms. The summed E-state index contributed by atoms with van der Waals surface area (Å²) >= 11 is 0. The average molecular weight is 407 g/mol. The summed E-state index contributed by atoms with van der Waals surface area (Å²) in [5, 5.41) is 7.49. The van der Waals surface area contributed by atoms with Crippen LogP contribution in [0.2, 0.25) is 0 Å². The highest BCUT2D eigenvalue weighted by atomic mass is 16.5. The van der Waals surface area contributed by atoms with Crippen molar-refractivity contribution >= 4 is 29.2 Å². The highest BCUT2D eigenvalue weighted by molar-refractivity contribution is 5.96. The Morgan fingerprint density at radius 1 is 1.10 bits per heavy atom. The van der Waals surface area contributed by atoms with Crippen LogP contribution in [0.15, 0.2) is 24.3 Å². The van der Waals surface area contributed by atoms with Gasteiger partial charge in [0.1, 0.15) is 0 Å². The zero-order valence-electron chi connectivity index (χ0n) is 16.9. The van der Waals surface area contributed by atoms with E-state index in [4.69, 9.17) is 9.47 Å². The number of ether oxygens (including phenoxy) is 2. The number of urea groups is 1. The van der Waals surface area contributed by atoms with Gasteiger partial charge in [-0.05, 0) is 31.3 Å². The fourth-order valence-corrected chi connectivity index (χ4v) is 2.80. The quantitative estimate of drug-likeness (QED) is 0.489. The van der Waals surface area contributed by atoms with Crippen LogP contribution in [0, 0.1) is 0 Å². The van der Waals surface area contributed by atoms with E-state index in [1.807, 2.05) is 24.3 Å². The molecule has 2 rings (SSSR count). The zero-order valence-corrected chi connectivity index (χ0v) is 16.9. The van der Waals surface area contributed by atoms with Crippen molar-refractivity contribution in [3.05, 3.63) is 24.3 Å². The molecule has 1 aromatic rings. The Balaban J connectivity index is 1.71. The molecule has 160 valence electrons. The average Bonchev–Trinajstić information content (AvgIpc) is 2.69. The van der Waals surface area contributed by atoms with Crippen LogP contribution in [0.5, 0.6) is 0 Å². The molecule has 0 unspecified atom stereocenters. The highest BCUT2D eigenvalue weighted by Gasteiger charge is 2.14. The number of morpholine rings is 1. The molecule has 10 nitrogen and oxygen atoms in total. The summed E-state index contributed by atoms with van der Waals surface area (Å²) in [6.45, 7) is 3.73. The van der Waals surface area contributed by atoms with E-state index in [0.29, 0.717) is 32.1 Å². The first-order valence-corrected chi connectivity index (χ1v) is 9.45. The van der Waals surface area contributed by atoms with E-state index < -0.39 is 11.9 Å². The van der Waals surface area contributed by atoms with E-state index in [2.05, 4.69) is 20.9 Å². The first kappa shape index (κ1) is 22.6. The van der Waals surface area contributed by atoms with Crippen LogP contribution >= 0.6 is 0 Å². The lowest BCUT2D eigenvalue weighted by atomic mass is 10.2. The van der Waals surface area contributed by atoms with Gasteiger partial charge < -0.3 is 25.0 Å². The van der Waals surface area contributed by atoms with Crippen molar-refractivity contribution in [2.24, 2.45) is 0 Å². The molecule has 0 aromatic heterocycles. The molecule has 0 bridgehead atoms. The summed E-state index contributed by atoms with van der Waals surface area (Å²) in [4.78, 5) is 39.3. The predicted molar refractivity (Wildman–Crippen MR) is 109 cm³/mol. The van der Waals surface area contributed by atoms with Crippen molar-refractivity contribution in [1.82, 2.24) is 15.5 Å². The summed E-state index contributed by atoms with van der Waals surface area (Å²) in [5.74, 6) is -0.742. The second-order valence-corrected chi connectivity index (χ2v) is 6.66. The second kappa shape index (κ2) is 12.0. The van der Waals surface area contributed by atoms with Crippen molar-refractivity contribution in [3.63, 3.8) is 0 Å². The molecule has 0 spiro atoms. The first-order chi connectivity index (χ1) is 14.0. The number of hydrogen-bond donors (Lipinski definition) is 3. The number of carbonyl (C=O) groups is 3. The Morgan fingerprint density at radius 3 is 2.41 bits per heavy atom. The number of benzene rings is 1. The van der Waals surface area contributed by atoms with E-state index >= 15 is 0 Å². The van der Waals surface area contributed by atoms with E-state index in [9.17, 15) is 14.4 Å². The van der Waals surface area contributed by atoms with Gasteiger partial charge >= 0.3 is 6.03 Å². The topological polar surface area (TPSA) is 112 Å². The third-order valence-electron chi connectivity index (χ3n) is 4.20. The van der Waals surface area contributed by atoms with Gasteiger partial charge in [0, 0.05) is 38.1 Å². The maximum absolute atomic E-state index is 12.2. The lowest BCUT2D eigenvalue weighted by molar-refractivity contribution is -0.122. The molecule has 1 aliphatic rings. The van der Waals surface area contributed by atoms with Gasteiger partial charge in [-0.25, -0.2) is 4.79 Å². The van der Waals surface area contributed by atoms with Gasteiger partial charge in [0.05, 0.1) is 32.9 Å². The number of methoxy groups -OCH3 is 1. The standard InChI is InChI=1S/C19H29N5O5/c1-23(14-18(26)22-19(27)20-7-10-28-2)13-17(25)21-15-3-5-16(6-4-15)24-8-11-29-12-9-24/h3-6H,7-14H2,1-2H3,(H,21,25)(H2,20,22,26,27). The summed E-state index contributed by atoms with van der Waals surface area (Å²) in [5.41, 5.74) is 1.77. The number of carbonyl (C=O) groups excluding carboxylic acids is 3. The molecule has 1 aromatic carbocycles. The largest absolute Gasteiger partial charge is 0.383 e. The summed E-state index contributed by atoms with van der Waals surface area (Å²) in [6.07, 6.45) is 0. The third-order valence-corrected chi connectivity index (χ3v) is 4.20. The minimum absolute atomic E-state index is 0.0178. The number of amides is 4. The zero-order chi connectivity index (χ0) is 21.1. The SMILES string of the molecule is COCCNC(=O)NC(=O)CN(C)CC(=O)Nc1ccc(N2CCOCC2)cc1. The Morgan fingerprint density at radius 2 is 1.76 bits per heavy atom. The van der Waals surface area contributed by atoms with Crippen molar-refractivity contribution in [2.75, 3.05) is 76.9 Å². The van der Waals surface area contributed by atoms with E-state index in [-0.39, 0.29) is 19.0 Å². The predicted octanol–water partition coefficient (Wildman–Crippen LogP) is -0.134. The molecule has 0 radical (unpaired) electrons. The Labute approximate surface area is 170 Å². The Hall–Kier alpha value is -2.69. The maximum atomic E-state index is 12.2. The van der Waals surface area contributed by atoms with Gasteiger partial charge in [0.25, 0.3) is 0 Å². The first-order valence-electron chi connectivity index (χ1n) is 9.45. The maximum Gasteiger partial charge on any atom is 0.321 e. The smallest absolute Gasteiger partial charge is 0.321 e. The number of rotatable bonds is 9. The van der Waals surface area contributed by atoms with Gasteiger partial charge in [-0.15, -0.1) is 0 Å². The minimum atomic E-state index is -0.592. The molecule has 1 fully saturated rings. The molecule has 10 heteroatoms. The summed E-state index contributed by atoms with van der Waals surface area (Å²) in [6, 6.07) is 7.02. The van der Waals surface area contributed by atoms with Crippen LogP contribution in [-0.4, -0.2) is 89.4 Å². The lowest BCUT2D eigenvalue weighted by Crippen LogP contribution is -2.45. The Kier molecular flexibility index (Phi) is 9.35. The van der Waals surface area contributed by atoms with E-state index in [1.165, 1.54) is 12.0 Å². The minimum Gasteiger partial charge on any atom is -0.383 e. The molecule has 4 amide bonds. The summed E-state index contributed by atoms with van der Waals surface area (Å²) in [7, 11) is 3.15. The fourth-order valence-electron chi connectivity index (χ4n) is 2.80. The van der Waals surface area contributed by atoms with E-state index in [0.717, 1.165) is 18.8 Å². The molecule has 1 saturated heterocycles. The van der Waals surface area contributed by atoms with E-state index in [1.54, 1.807) is 7.05 Å². The summed E-state index contributed by atoms with van der Waals surface area (Å²) < 4.78 is 10.2. The van der Waals surface area contributed by atoms with Crippen molar-refractivity contribution in [2.45, 2.75) is 0 Å². The molecule has 3 N–H and O–H groups in total. The third kappa shape index (κ3) is 8.46. The lowest BCUT2D eigenvalue weighted by Gasteiger charge is -2.28. The van der Waals surface area contributed by atoms with Crippen LogP contribution in [0.4, 0.5) is 16.2 Å². The Bertz CT molecular complexity index is 676. The van der Waals surface area contributed by atoms with Crippen LogP contribution in [-0.2, 0) is 19.1 Å². The number of likely N-dealkylation sites (N-methyl/N-ethyl adjacent to an activating group) is 1. The molecular weight excluding hydrogens is 378 g/mol. The monoisotopic (exact) mass is 407 g/mol. The number of nitrogens with one attached hydrogen (secondary N) is 3.